The minimum atomic E-state index is -0.0472. The second kappa shape index (κ2) is 6.57. The highest BCUT2D eigenvalue weighted by atomic mass is 16.5. The Bertz CT molecular complexity index is 928. The van der Waals surface area contributed by atoms with Crippen LogP contribution in [-0.4, -0.2) is 67.6 Å². The highest BCUT2D eigenvalue weighted by molar-refractivity contribution is 5.95. The third kappa shape index (κ3) is 2.79. The lowest BCUT2D eigenvalue weighted by atomic mass is 9.64. The molecule has 0 aliphatic carbocycles. The molecule has 1 N–H and O–H groups in total. The molecule has 0 saturated carbocycles. The number of fused-ring (bicyclic) bond motifs is 2. The van der Waals surface area contributed by atoms with Gasteiger partial charge >= 0.3 is 0 Å². The van der Waals surface area contributed by atoms with Gasteiger partial charge in [0.15, 0.2) is 0 Å². The van der Waals surface area contributed by atoms with Crippen molar-refractivity contribution in [2.45, 2.75) is 17.9 Å². The molecule has 4 saturated heterocycles. The fourth-order valence-electron chi connectivity index (χ4n) is 6.12. The van der Waals surface area contributed by atoms with Crippen molar-refractivity contribution in [1.29, 1.82) is 0 Å². The third-order valence-corrected chi connectivity index (χ3v) is 7.38. The number of piperidine rings is 2. The number of carbonyl (C=O) groups excluding carboxylic acids is 1. The lowest BCUT2D eigenvalue weighted by molar-refractivity contribution is 0.0180. The van der Waals surface area contributed by atoms with Crippen LogP contribution in [0.15, 0.2) is 48.5 Å². The monoisotopic (exact) mass is 389 g/mol. The van der Waals surface area contributed by atoms with Crippen LogP contribution >= 0.6 is 0 Å². The molecule has 0 aromatic heterocycles. The molecular formula is C24H27N3O2. The smallest absolute Gasteiger partial charge is 0.251 e. The summed E-state index contributed by atoms with van der Waals surface area (Å²) in [6.45, 7) is 7.18. The zero-order valence-electron chi connectivity index (χ0n) is 16.6. The second-order valence-corrected chi connectivity index (χ2v) is 9.12. The van der Waals surface area contributed by atoms with Crippen LogP contribution in [0.3, 0.4) is 0 Å². The quantitative estimate of drug-likeness (QED) is 0.871. The lowest BCUT2D eigenvalue weighted by Crippen LogP contribution is -2.70. The van der Waals surface area contributed by atoms with E-state index in [9.17, 15) is 4.79 Å². The minimum absolute atomic E-state index is 0.0472. The van der Waals surface area contributed by atoms with Gasteiger partial charge in [-0.3, -0.25) is 4.79 Å². The molecule has 5 heterocycles. The lowest BCUT2D eigenvalue weighted by Gasteiger charge is -2.55. The zero-order valence-corrected chi connectivity index (χ0v) is 16.6. The van der Waals surface area contributed by atoms with E-state index < -0.39 is 0 Å². The summed E-state index contributed by atoms with van der Waals surface area (Å²) in [4.78, 5) is 18.5. The Morgan fingerprint density at radius 3 is 2.55 bits per heavy atom. The van der Waals surface area contributed by atoms with Crippen LogP contribution in [0.4, 0.5) is 0 Å². The zero-order chi connectivity index (χ0) is 19.4. The average Bonchev–Trinajstić information content (AvgIpc) is 3.08. The molecule has 2 aromatic carbocycles. The van der Waals surface area contributed by atoms with E-state index in [1.807, 2.05) is 18.2 Å². The van der Waals surface area contributed by atoms with Gasteiger partial charge in [0.1, 0.15) is 5.75 Å². The number of hydrogen-bond donors (Lipinski definition) is 1. The first kappa shape index (κ1) is 17.5. The first-order chi connectivity index (χ1) is 14.2. The third-order valence-electron chi connectivity index (χ3n) is 7.38. The van der Waals surface area contributed by atoms with Gasteiger partial charge < -0.3 is 19.9 Å². The maximum Gasteiger partial charge on any atom is 0.251 e. The van der Waals surface area contributed by atoms with Crippen molar-refractivity contribution in [3.63, 3.8) is 0 Å². The first-order valence-electron chi connectivity index (χ1n) is 10.8. The number of nitrogens with zero attached hydrogens (tertiary/aromatic N) is 2. The number of carbonyl (C=O) groups is 1. The van der Waals surface area contributed by atoms with Gasteiger partial charge in [0.2, 0.25) is 0 Å². The Labute approximate surface area is 171 Å². The standard InChI is InChI=1S/C24H27N3O2/c28-23(18-6-7-21-17(12-18)8-11-29-21)25-22-19-13-26-9-10-27(14-19)16-24(22,15-26)20-4-2-1-3-5-20/h1-7,12,19,22H,8-11,13-16H2,(H,25,28). The molecule has 3 unspecified atom stereocenters. The molecule has 3 atom stereocenters. The van der Waals surface area contributed by atoms with E-state index in [1.54, 1.807) is 0 Å². The Hall–Kier alpha value is -2.37. The number of ether oxygens (including phenoxy) is 1. The normalized spacial score (nSPS) is 34.3. The maximum atomic E-state index is 13.3. The Balaban J connectivity index is 1.36. The second-order valence-electron chi connectivity index (χ2n) is 9.12. The molecule has 5 nitrogen and oxygen atoms in total. The summed E-state index contributed by atoms with van der Waals surface area (Å²) in [6, 6.07) is 16.9. The molecule has 0 spiro atoms. The van der Waals surface area contributed by atoms with E-state index in [4.69, 9.17) is 4.74 Å². The number of amides is 1. The van der Waals surface area contributed by atoms with Crippen LogP contribution < -0.4 is 10.1 Å². The molecule has 4 fully saturated rings. The van der Waals surface area contributed by atoms with Crippen LogP contribution in [0.2, 0.25) is 0 Å². The van der Waals surface area contributed by atoms with Crippen molar-refractivity contribution >= 4 is 5.91 Å². The molecule has 5 aliphatic heterocycles. The van der Waals surface area contributed by atoms with E-state index in [0.29, 0.717) is 12.5 Å². The highest BCUT2D eigenvalue weighted by Gasteiger charge is 2.55. The van der Waals surface area contributed by atoms with Crippen LogP contribution in [0.1, 0.15) is 21.5 Å². The van der Waals surface area contributed by atoms with Crippen LogP contribution in [-0.2, 0) is 11.8 Å². The van der Waals surface area contributed by atoms with Gasteiger partial charge in [-0.25, -0.2) is 0 Å². The summed E-state index contributed by atoms with van der Waals surface area (Å²) in [5.41, 5.74) is 3.21. The van der Waals surface area contributed by atoms with Crippen molar-refractivity contribution in [2.24, 2.45) is 5.92 Å². The van der Waals surface area contributed by atoms with Crippen molar-refractivity contribution in [1.82, 2.24) is 15.1 Å². The van der Waals surface area contributed by atoms with E-state index >= 15 is 0 Å². The van der Waals surface area contributed by atoms with Crippen molar-refractivity contribution in [2.75, 3.05) is 45.9 Å². The maximum absolute atomic E-state index is 13.3. The topological polar surface area (TPSA) is 44.8 Å². The molecule has 2 aromatic rings. The van der Waals surface area contributed by atoms with E-state index in [2.05, 4.69) is 45.4 Å². The number of hydrogen-bond acceptors (Lipinski definition) is 4. The summed E-state index contributed by atoms with van der Waals surface area (Å²) in [5.74, 6) is 1.44. The molecular weight excluding hydrogens is 362 g/mol. The van der Waals surface area contributed by atoms with Crippen molar-refractivity contribution < 1.29 is 9.53 Å². The van der Waals surface area contributed by atoms with Crippen LogP contribution in [0.25, 0.3) is 0 Å². The summed E-state index contributed by atoms with van der Waals surface area (Å²) in [6.07, 6.45) is 0.889. The Morgan fingerprint density at radius 2 is 1.79 bits per heavy atom. The predicted octanol–water partition coefficient (Wildman–Crippen LogP) is 1.92. The van der Waals surface area contributed by atoms with E-state index in [0.717, 1.165) is 62.6 Å². The number of benzene rings is 2. The summed E-state index contributed by atoms with van der Waals surface area (Å²) < 4.78 is 5.61. The summed E-state index contributed by atoms with van der Waals surface area (Å²) in [7, 11) is 0. The Kier molecular flexibility index (Phi) is 3.96. The van der Waals surface area contributed by atoms with Crippen molar-refractivity contribution in [3.05, 3.63) is 65.2 Å². The minimum Gasteiger partial charge on any atom is -0.493 e. The summed E-state index contributed by atoms with van der Waals surface area (Å²) in [5, 5.41) is 3.50. The molecule has 1 amide bonds. The summed E-state index contributed by atoms with van der Waals surface area (Å²) >= 11 is 0. The predicted molar refractivity (Wildman–Crippen MR) is 111 cm³/mol. The van der Waals surface area contributed by atoms with Gasteiger partial charge in [-0.1, -0.05) is 30.3 Å². The van der Waals surface area contributed by atoms with Crippen LogP contribution in [0, 0.1) is 5.92 Å². The van der Waals surface area contributed by atoms with Gasteiger partial charge in [-0.05, 0) is 29.3 Å². The average molecular weight is 389 g/mol. The van der Waals surface area contributed by atoms with Crippen LogP contribution in [0.5, 0.6) is 5.75 Å². The molecule has 0 radical (unpaired) electrons. The highest BCUT2D eigenvalue weighted by Crippen LogP contribution is 2.43. The number of rotatable bonds is 3. The molecule has 5 heteroatoms. The van der Waals surface area contributed by atoms with Crippen molar-refractivity contribution in [3.8, 4) is 5.75 Å². The molecule has 4 bridgehead atoms. The molecule has 29 heavy (non-hydrogen) atoms. The number of nitrogens with one attached hydrogen (secondary N) is 1. The van der Waals surface area contributed by atoms with Gasteiger partial charge in [-0.15, -0.1) is 0 Å². The van der Waals surface area contributed by atoms with E-state index in [1.165, 1.54) is 5.56 Å². The van der Waals surface area contributed by atoms with Gasteiger partial charge in [0.25, 0.3) is 5.91 Å². The van der Waals surface area contributed by atoms with Gasteiger partial charge in [0.05, 0.1) is 6.61 Å². The van der Waals surface area contributed by atoms with E-state index in [-0.39, 0.29) is 17.4 Å². The SMILES string of the molecule is O=C(NC1C2CN3CCN(C2)CC1(c1ccccc1)C3)c1ccc2c(c1)CCO2. The molecule has 150 valence electrons. The fraction of sp³-hybridized carbons (Fsp3) is 0.458. The van der Waals surface area contributed by atoms with Gasteiger partial charge in [0, 0.05) is 68.6 Å². The van der Waals surface area contributed by atoms with Gasteiger partial charge in [-0.2, -0.15) is 0 Å². The fourth-order valence-corrected chi connectivity index (χ4v) is 6.12. The first-order valence-corrected chi connectivity index (χ1v) is 10.8. The largest absolute Gasteiger partial charge is 0.493 e. The Morgan fingerprint density at radius 1 is 1.03 bits per heavy atom. The molecule has 7 rings (SSSR count). The molecule has 5 aliphatic rings.